The van der Waals surface area contributed by atoms with Crippen LogP contribution in [0.1, 0.15) is 36.6 Å². The fraction of sp³-hybridized carbons (Fsp3) is 0.147. The Morgan fingerprint density at radius 3 is 2.60 bits per heavy atom. The Labute approximate surface area is 251 Å². The molecule has 2 heterocycles. The fourth-order valence-electron chi connectivity index (χ4n) is 5.17. The second-order valence-corrected chi connectivity index (χ2v) is 11.3. The number of ether oxygens (including phenoxy) is 2. The summed E-state index contributed by atoms with van der Waals surface area (Å²) < 4.78 is 13.6. The Morgan fingerprint density at radius 2 is 1.79 bits per heavy atom. The van der Waals surface area contributed by atoms with Crippen LogP contribution in [0.4, 0.5) is 0 Å². The van der Waals surface area contributed by atoms with Gasteiger partial charge < -0.3 is 9.47 Å². The molecular weight excluding hydrogens is 568 g/mol. The summed E-state index contributed by atoms with van der Waals surface area (Å²) in [6.45, 7) is 4.18. The normalized spacial score (nSPS) is 14.9. The standard InChI is InChI=1S/C34H27ClN2O4S/c1-3-40-33(39)30-21(2)36-34-37(31(30)28-13-7-10-24-9-4-5-12-27(24)28)32(38)29(42-34)19-23-8-6-11-26(18-23)41-20-22-14-16-25(35)17-15-22/h4-19,31H,3,20H2,1-2H3/b29-19-/t31-/m0/s1. The van der Waals surface area contributed by atoms with Crippen molar-refractivity contribution in [3.05, 3.63) is 144 Å². The molecule has 5 aromatic rings. The molecule has 0 unspecified atom stereocenters. The molecule has 210 valence electrons. The molecule has 0 amide bonds. The van der Waals surface area contributed by atoms with E-state index >= 15 is 0 Å². The van der Waals surface area contributed by atoms with Crippen molar-refractivity contribution in [3.8, 4) is 5.75 Å². The Kier molecular flexibility index (Phi) is 7.78. The number of thiazole rings is 1. The van der Waals surface area contributed by atoms with E-state index in [1.807, 2.05) is 97.1 Å². The van der Waals surface area contributed by atoms with Gasteiger partial charge in [0.25, 0.3) is 5.56 Å². The molecule has 1 aliphatic heterocycles. The van der Waals surface area contributed by atoms with Crippen LogP contribution < -0.4 is 19.6 Å². The molecule has 0 aliphatic carbocycles. The molecule has 0 spiro atoms. The maximum Gasteiger partial charge on any atom is 0.338 e. The number of aromatic nitrogens is 1. The zero-order valence-electron chi connectivity index (χ0n) is 23.0. The predicted molar refractivity (Wildman–Crippen MR) is 167 cm³/mol. The van der Waals surface area contributed by atoms with Gasteiger partial charge in [-0.25, -0.2) is 9.79 Å². The van der Waals surface area contributed by atoms with E-state index in [4.69, 9.17) is 26.1 Å². The van der Waals surface area contributed by atoms with Crippen LogP contribution >= 0.6 is 22.9 Å². The molecule has 0 bridgehead atoms. The van der Waals surface area contributed by atoms with Crippen LogP contribution in [0.15, 0.2) is 112 Å². The summed E-state index contributed by atoms with van der Waals surface area (Å²) in [5, 5.41) is 2.65. The fourth-order valence-corrected chi connectivity index (χ4v) is 6.34. The largest absolute Gasteiger partial charge is 0.489 e. The smallest absolute Gasteiger partial charge is 0.338 e. The van der Waals surface area contributed by atoms with Crippen molar-refractivity contribution in [1.29, 1.82) is 0 Å². The molecule has 6 nitrogen and oxygen atoms in total. The van der Waals surface area contributed by atoms with E-state index in [0.29, 0.717) is 38.0 Å². The Balaban J connectivity index is 1.44. The van der Waals surface area contributed by atoms with Gasteiger partial charge in [0, 0.05) is 5.02 Å². The third kappa shape index (κ3) is 5.41. The number of halogens is 1. The number of esters is 1. The van der Waals surface area contributed by atoms with Crippen LogP contribution in [0.5, 0.6) is 5.75 Å². The SMILES string of the molecule is CCOC(=O)C1=C(C)N=c2s/c(=C\c3cccc(OCc4ccc(Cl)cc4)c3)c(=O)n2[C@H]1c1cccc2ccccc12. The number of fused-ring (bicyclic) bond motifs is 2. The lowest BCUT2D eigenvalue weighted by Crippen LogP contribution is -2.40. The number of carbonyl (C=O) groups excluding carboxylic acids is 1. The highest BCUT2D eigenvalue weighted by Crippen LogP contribution is 2.34. The quantitative estimate of drug-likeness (QED) is 0.211. The maximum absolute atomic E-state index is 14.1. The van der Waals surface area contributed by atoms with Crippen LogP contribution in [-0.2, 0) is 16.1 Å². The lowest BCUT2D eigenvalue weighted by atomic mass is 9.91. The first kappa shape index (κ1) is 27.7. The number of rotatable bonds is 7. The highest BCUT2D eigenvalue weighted by atomic mass is 35.5. The van der Waals surface area contributed by atoms with Crippen LogP contribution in [0, 0.1) is 0 Å². The summed E-state index contributed by atoms with van der Waals surface area (Å²) in [7, 11) is 0. The van der Waals surface area contributed by atoms with E-state index in [2.05, 4.69) is 0 Å². The molecule has 4 aromatic carbocycles. The third-order valence-electron chi connectivity index (χ3n) is 7.11. The molecule has 0 radical (unpaired) electrons. The highest BCUT2D eigenvalue weighted by molar-refractivity contribution is 7.07. The van der Waals surface area contributed by atoms with Crippen LogP contribution in [0.25, 0.3) is 16.8 Å². The lowest BCUT2D eigenvalue weighted by Gasteiger charge is -2.25. The summed E-state index contributed by atoms with van der Waals surface area (Å²) in [6, 6.07) is 28.3. The summed E-state index contributed by atoms with van der Waals surface area (Å²) in [5.41, 5.74) is 3.34. The van der Waals surface area contributed by atoms with E-state index in [0.717, 1.165) is 27.5 Å². The molecule has 1 aromatic heterocycles. The molecule has 0 saturated carbocycles. The lowest BCUT2D eigenvalue weighted by molar-refractivity contribution is -0.139. The van der Waals surface area contributed by atoms with Crippen molar-refractivity contribution in [2.24, 2.45) is 4.99 Å². The minimum absolute atomic E-state index is 0.221. The van der Waals surface area contributed by atoms with Crippen molar-refractivity contribution in [1.82, 2.24) is 4.57 Å². The van der Waals surface area contributed by atoms with Gasteiger partial charge in [-0.3, -0.25) is 9.36 Å². The summed E-state index contributed by atoms with van der Waals surface area (Å²) in [5.74, 6) is 0.206. The molecule has 1 atom stereocenters. The number of hydrogen-bond donors (Lipinski definition) is 0. The van der Waals surface area contributed by atoms with Gasteiger partial charge in [-0.15, -0.1) is 0 Å². The maximum atomic E-state index is 14.1. The number of allylic oxidation sites excluding steroid dienone is 1. The predicted octanol–water partition coefficient (Wildman–Crippen LogP) is 6.18. The second kappa shape index (κ2) is 11.8. The summed E-state index contributed by atoms with van der Waals surface area (Å²) in [6.07, 6.45) is 1.84. The van der Waals surface area contributed by atoms with Crippen molar-refractivity contribution in [3.63, 3.8) is 0 Å². The van der Waals surface area contributed by atoms with Crippen molar-refractivity contribution in [2.75, 3.05) is 6.61 Å². The first-order valence-electron chi connectivity index (χ1n) is 13.6. The van der Waals surface area contributed by atoms with Gasteiger partial charge >= 0.3 is 5.97 Å². The van der Waals surface area contributed by atoms with Gasteiger partial charge in [0.05, 0.1) is 28.5 Å². The number of hydrogen-bond acceptors (Lipinski definition) is 6. The molecule has 1 aliphatic rings. The first-order chi connectivity index (χ1) is 20.4. The highest BCUT2D eigenvalue weighted by Gasteiger charge is 2.34. The van der Waals surface area contributed by atoms with Gasteiger partial charge in [-0.05, 0) is 71.7 Å². The van der Waals surface area contributed by atoms with Crippen LogP contribution in [-0.4, -0.2) is 17.1 Å². The Hall–Kier alpha value is -4.46. The number of nitrogens with zero attached hydrogens (tertiary/aromatic N) is 2. The monoisotopic (exact) mass is 594 g/mol. The Bertz CT molecular complexity index is 2020. The molecular formula is C34H27ClN2O4S. The van der Waals surface area contributed by atoms with Gasteiger partial charge in [0.2, 0.25) is 0 Å². The third-order valence-corrected chi connectivity index (χ3v) is 8.34. The van der Waals surface area contributed by atoms with Gasteiger partial charge in [0.15, 0.2) is 4.80 Å². The molecule has 6 rings (SSSR count). The summed E-state index contributed by atoms with van der Waals surface area (Å²) in [4.78, 5) is 32.6. The number of benzene rings is 4. The zero-order chi connectivity index (χ0) is 29.2. The molecule has 0 fully saturated rings. The van der Waals surface area contributed by atoms with Gasteiger partial charge in [0.1, 0.15) is 12.4 Å². The topological polar surface area (TPSA) is 69.9 Å². The van der Waals surface area contributed by atoms with E-state index in [1.54, 1.807) is 18.4 Å². The average molecular weight is 595 g/mol. The minimum atomic E-state index is -0.678. The first-order valence-corrected chi connectivity index (χ1v) is 14.8. The molecule has 42 heavy (non-hydrogen) atoms. The van der Waals surface area contributed by atoms with Crippen LogP contribution in [0.3, 0.4) is 0 Å². The van der Waals surface area contributed by atoms with E-state index in [-0.39, 0.29) is 12.2 Å². The van der Waals surface area contributed by atoms with Crippen molar-refractivity contribution < 1.29 is 14.3 Å². The van der Waals surface area contributed by atoms with E-state index in [1.165, 1.54) is 11.3 Å². The van der Waals surface area contributed by atoms with E-state index in [9.17, 15) is 9.59 Å². The number of carbonyl (C=O) groups is 1. The Morgan fingerprint density at radius 1 is 1.02 bits per heavy atom. The van der Waals surface area contributed by atoms with Crippen LogP contribution in [0.2, 0.25) is 5.02 Å². The van der Waals surface area contributed by atoms with E-state index < -0.39 is 12.0 Å². The zero-order valence-corrected chi connectivity index (χ0v) is 24.6. The average Bonchev–Trinajstić information content (AvgIpc) is 3.30. The molecule has 0 N–H and O–H groups in total. The van der Waals surface area contributed by atoms with Gasteiger partial charge in [-0.1, -0.05) is 89.7 Å². The molecule has 8 heteroatoms. The van der Waals surface area contributed by atoms with Crippen molar-refractivity contribution >= 4 is 45.8 Å². The minimum Gasteiger partial charge on any atom is -0.489 e. The van der Waals surface area contributed by atoms with Crippen molar-refractivity contribution in [2.45, 2.75) is 26.5 Å². The second-order valence-electron chi connectivity index (χ2n) is 9.86. The molecule has 0 saturated heterocycles. The van der Waals surface area contributed by atoms with Gasteiger partial charge in [-0.2, -0.15) is 0 Å². The summed E-state index contributed by atoms with van der Waals surface area (Å²) >= 11 is 7.29.